The Kier molecular flexibility index (Phi) is 5.49. The highest BCUT2D eigenvalue weighted by Crippen LogP contribution is 2.33. The second-order valence-electron chi connectivity index (χ2n) is 6.13. The van der Waals surface area contributed by atoms with E-state index in [1.807, 2.05) is 0 Å². The van der Waals surface area contributed by atoms with E-state index in [-0.39, 0.29) is 43.1 Å². The van der Waals surface area contributed by atoms with Gasteiger partial charge in [-0.15, -0.1) is 0 Å². The van der Waals surface area contributed by atoms with Gasteiger partial charge in [-0.1, -0.05) is 19.1 Å². The van der Waals surface area contributed by atoms with Gasteiger partial charge in [0.1, 0.15) is 18.1 Å². The number of nitrogens with one attached hydrogen (secondary N) is 1. The predicted octanol–water partition coefficient (Wildman–Crippen LogP) is 2.46. The lowest BCUT2D eigenvalue weighted by molar-refractivity contribution is -0.125. The number of benzene rings is 2. The van der Waals surface area contributed by atoms with Gasteiger partial charge in [0.05, 0.1) is 5.69 Å². The highest BCUT2D eigenvalue weighted by molar-refractivity contribution is 6.04. The van der Waals surface area contributed by atoms with Gasteiger partial charge in [0, 0.05) is 18.5 Å². The van der Waals surface area contributed by atoms with Crippen molar-refractivity contribution in [2.24, 2.45) is 0 Å². The van der Waals surface area contributed by atoms with Crippen LogP contribution in [-0.4, -0.2) is 30.7 Å². The van der Waals surface area contributed by atoms with Crippen LogP contribution in [0, 0.1) is 5.82 Å². The van der Waals surface area contributed by atoms with Crippen LogP contribution in [-0.2, 0) is 16.1 Å². The summed E-state index contributed by atoms with van der Waals surface area (Å²) in [6.45, 7) is 1.61. The molecule has 0 fully saturated rings. The van der Waals surface area contributed by atoms with E-state index in [1.165, 1.54) is 17.0 Å². The Labute approximate surface area is 155 Å². The molecule has 0 bridgehead atoms. The molecule has 3 rings (SSSR count). The summed E-state index contributed by atoms with van der Waals surface area (Å²) in [4.78, 5) is 37.8. The number of rotatable bonds is 6. The quantitative estimate of drug-likeness (QED) is 0.793. The third-order valence-electron chi connectivity index (χ3n) is 4.25. The van der Waals surface area contributed by atoms with Crippen LogP contribution in [0.5, 0.6) is 5.75 Å². The first-order chi connectivity index (χ1) is 13.0. The maximum atomic E-state index is 12.9. The lowest BCUT2D eigenvalue weighted by atomic mass is 10.1. The molecule has 6 nitrogen and oxygen atoms in total. The van der Waals surface area contributed by atoms with Gasteiger partial charge in [-0.2, -0.15) is 0 Å². The Balaban J connectivity index is 1.72. The highest BCUT2D eigenvalue weighted by Gasteiger charge is 2.28. The number of carbonyl (C=O) groups excluding carboxylic acids is 3. The minimum Gasteiger partial charge on any atom is -0.482 e. The van der Waals surface area contributed by atoms with Crippen LogP contribution in [0.4, 0.5) is 10.1 Å². The normalized spacial score (nSPS) is 13.0. The van der Waals surface area contributed by atoms with E-state index in [0.717, 1.165) is 5.56 Å². The maximum Gasteiger partial charge on any atom is 0.265 e. The van der Waals surface area contributed by atoms with E-state index in [4.69, 9.17) is 4.74 Å². The molecule has 2 amide bonds. The summed E-state index contributed by atoms with van der Waals surface area (Å²) in [7, 11) is 0. The van der Waals surface area contributed by atoms with Crippen LogP contribution >= 0.6 is 0 Å². The lowest BCUT2D eigenvalue weighted by Crippen LogP contribution is -2.45. The summed E-state index contributed by atoms with van der Waals surface area (Å²) in [5.74, 6) is -0.684. The van der Waals surface area contributed by atoms with Crippen molar-refractivity contribution in [1.82, 2.24) is 5.32 Å². The van der Waals surface area contributed by atoms with E-state index in [9.17, 15) is 18.8 Å². The smallest absolute Gasteiger partial charge is 0.265 e. The van der Waals surface area contributed by atoms with Crippen LogP contribution < -0.4 is 15.0 Å². The fraction of sp³-hybridized carbons (Fsp3) is 0.250. The van der Waals surface area contributed by atoms with E-state index >= 15 is 0 Å². The van der Waals surface area contributed by atoms with Crippen molar-refractivity contribution in [3.8, 4) is 5.75 Å². The molecule has 0 saturated carbocycles. The van der Waals surface area contributed by atoms with Crippen molar-refractivity contribution in [1.29, 1.82) is 0 Å². The molecule has 1 aliphatic rings. The molecule has 0 aliphatic carbocycles. The number of amides is 2. The molecule has 1 aliphatic heterocycles. The molecule has 140 valence electrons. The third-order valence-corrected chi connectivity index (χ3v) is 4.25. The highest BCUT2D eigenvalue weighted by atomic mass is 19.1. The van der Waals surface area contributed by atoms with Crippen LogP contribution in [0.2, 0.25) is 0 Å². The SMILES string of the molecule is CCC(=O)c1ccc2c(c1)N(CC(=O)NCc1ccc(F)cc1)C(=O)CO2. The van der Waals surface area contributed by atoms with Gasteiger partial charge in [0.2, 0.25) is 5.91 Å². The Hall–Kier alpha value is -3.22. The number of anilines is 1. The van der Waals surface area contributed by atoms with Gasteiger partial charge in [0.25, 0.3) is 5.91 Å². The fourth-order valence-corrected chi connectivity index (χ4v) is 2.76. The van der Waals surface area contributed by atoms with Crippen molar-refractivity contribution in [2.45, 2.75) is 19.9 Å². The van der Waals surface area contributed by atoms with Crippen molar-refractivity contribution < 1.29 is 23.5 Å². The first-order valence-electron chi connectivity index (χ1n) is 8.59. The van der Waals surface area contributed by atoms with E-state index in [0.29, 0.717) is 23.4 Å². The zero-order valence-electron chi connectivity index (χ0n) is 14.8. The van der Waals surface area contributed by atoms with E-state index in [2.05, 4.69) is 5.32 Å². The molecule has 0 saturated heterocycles. The Morgan fingerprint density at radius 1 is 1.19 bits per heavy atom. The standard InChI is InChI=1S/C20H19FN2O4/c1-2-17(24)14-5-8-18-16(9-14)23(20(26)12-27-18)11-19(25)22-10-13-3-6-15(21)7-4-13/h3-9H,2,10-12H2,1H3,(H,22,25). The zero-order chi connectivity index (χ0) is 19.4. The molecule has 0 atom stereocenters. The van der Waals surface area contributed by atoms with Crippen LogP contribution in [0.3, 0.4) is 0 Å². The summed E-state index contributed by atoms with van der Waals surface area (Å²) >= 11 is 0. The van der Waals surface area contributed by atoms with Crippen molar-refractivity contribution in [2.75, 3.05) is 18.1 Å². The van der Waals surface area contributed by atoms with Crippen LogP contribution in [0.25, 0.3) is 0 Å². The minimum absolute atomic E-state index is 0.0588. The van der Waals surface area contributed by atoms with Crippen molar-refractivity contribution >= 4 is 23.3 Å². The van der Waals surface area contributed by atoms with Gasteiger partial charge in [-0.25, -0.2) is 4.39 Å². The topological polar surface area (TPSA) is 75.7 Å². The average molecular weight is 370 g/mol. The number of carbonyl (C=O) groups is 3. The zero-order valence-corrected chi connectivity index (χ0v) is 14.8. The molecule has 2 aromatic rings. The largest absolute Gasteiger partial charge is 0.482 e. The predicted molar refractivity (Wildman–Crippen MR) is 97.2 cm³/mol. The molecular weight excluding hydrogens is 351 g/mol. The molecule has 1 N–H and O–H groups in total. The van der Waals surface area contributed by atoms with Crippen LogP contribution in [0.1, 0.15) is 29.3 Å². The number of hydrogen-bond acceptors (Lipinski definition) is 4. The number of nitrogens with zero attached hydrogens (tertiary/aromatic N) is 1. The van der Waals surface area contributed by atoms with E-state index in [1.54, 1.807) is 37.3 Å². The van der Waals surface area contributed by atoms with Gasteiger partial charge in [-0.3, -0.25) is 19.3 Å². The Bertz CT molecular complexity index is 880. The number of halogens is 1. The average Bonchev–Trinajstić information content (AvgIpc) is 2.68. The van der Waals surface area contributed by atoms with Crippen LogP contribution in [0.15, 0.2) is 42.5 Å². The Morgan fingerprint density at radius 3 is 2.63 bits per heavy atom. The number of fused-ring (bicyclic) bond motifs is 1. The first-order valence-corrected chi connectivity index (χ1v) is 8.59. The number of ketones is 1. The number of hydrogen-bond donors (Lipinski definition) is 1. The third kappa shape index (κ3) is 4.31. The summed E-state index contributed by atoms with van der Waals surface area (Å²) in [5.41, 5.74) is 1.61. The molecule has 7 heteroatoms. The second-order valence-corrected chi connectivity index (χ2v) is 6.13. The summed E-state index contributed by atoms with van der Waals surface area (Å²) in [6, 6.07) is 10.6. The maximum absolute atomic E-state index is 12.9. The van der Waals surface area contributed by atoms with Gasteiger partial charge in [-0.05, 0) is 35.9 Å². The van der Waals surface area contributed by atoms with Crippen molar-refractivity contribution in [3.05, 3.63) is 59.4 Å². The molecular formula is C20H19FN2O4. The monoisotopic (exact) mass is 370 g/mol. The van der Waals surface area contributed by atoms with Gasteiger partial charge >= 0.3 is 0 Å². The molecule has 0 unspecified atom stereocenters. The first kappa shape index (κ1) is 18.6. The molecule has 2 aromatic carbocycles. The van der Waals surface area contributed by atoms with Crippen molar-refractivity contribution in [3.63, 3.8) is 0 Å². The molecule has 1 heterocycles. The van der Waals surface area contributed by atoms with E-state index < -0.39 is 0 Å². The van der Waals surface area contributed by atoms with Gasteiger partial charge < -0.3 is 10.1 Å². The Morgan fingerprint density at radius 2 is 1.93 bits per heavy atom. The summed E-state index contributed by atoms with van der Waals surface area (Å²) in [6.07, 6.45) is 0.339. The number of Topliss-reactive ketones (excluding diaryl/α,β-unsaturated/α-hetero) is 1. The fourth-order valence-electron chi connectivity index (χ4n) is 2.76. The molecule has 0 spiro atoms. The summed E-state index contributed by atoms with van der Waals surface area (Å²) in [5, 5.41) is 2.70. The molecule has 27 heavy (non-hydrogen) atoms. The van der Waals surface area contributed by atoms with Gasteiger partial charge in [0.15, 0.2) is 12.4 Å². The number of ether oxygens (including phenoxy) is 1. The lowest BCUT2D eigenvalue weighted by Gasteiger charge is -2.29. The summed E-state index contributed by atoms with van der Waals surface area (Å²) < 4.78 is 18.3. The molecule has 0 aromatic heterocycles. The molecule has 0 radical (unpaired) electrons. The minimum atomic E-state index is -0.368. The second kappa shape index (κ2) is 7.99.